The molecular formula is C57H56O2. The summed E-state index contributed by atoms with van der Waals surface area (Å²) in [5.41, 5.74) is 17.0. The summed E-state index contributed by atoms with van der Waals surface area (Å²) in [6, 6.07) is 37.1. The monoisotopic (exact) mass is 772 g/mol. The van der Waals surface area contributed by atoms with Crippen molar-refractivity contribution < 1.29 is 9.47 Å². The van der Waals surface area contributed by atoms with E-state index in [1.54, 1.807) is 14.2 Å². The van der Waals surface area contributed by atoms with Gasteiger partial charge in [-0.05, 0) is 141 Å². The summed E-state index contributed by atoms with van der Waals surface area (Å²) in [6.07, 6.45) is 30.3. The minimum absolute atomic E-state index is 0.253. The third kappa shape index (κ3) is 6.31. The fraction of sp³-hybridized carbons (Fsp3) is 0.263. The van der Waals surface area contributed by atoms with Crippen LogP contribution in [-0.4, -0.2) is 14.2 Å². The molecule has 0 amide bonds. The highest BCUT2D eigenvalue weighted by Crippen LogP contribution is 2.62. The molecule has 5 aromatic rings. The van der Waals surface area contributed by atoms with Crippen LogP contribution in [0.3, 0.4) is 0 Å². The SMILES string of the molecule is C=C.COC1=Cc2c3c(c4c(c2CC=C1)-c1ccc(OC)cc1C41C/C=C\C=C/C(C)c2ccccc21)C=CC(c1ccccc1)(c1ccc(C2CCCCC2)cc1)C3. The number of methoxy groups -OCH3 is 2. The molecule has 2 nitrogen and oxygen atoms in total. The number of benzene rings is 5. The van der Waals surface area contributed by atoms with Crippen LogP contribution in [0.15, 0.2) is 159 Å². The summed E-state index contributed by atoms with van der Waals surface area (Å²) in [5.74, 6) is 2.71. The molecular weight excluding hydrogens is 717 g/mol. The smallest absolute Gasteiger partial charge is 0.119 e. The summed E-state index contributed by atoms with van der Waals surface area (Å²) in [6.45, 7) is 8.34. The molecule has 0 radical (unpaired) electrons. The predicted molar refractivity (Wildman–Crippen MR) is 247 cm³/mol. The average molecular weight is 773 g/mol. The molecule has 3 unspecified atom stereocenters. The molecule has 59 heavy (non-hydrogen) atoms. The first-order valence-electron chi connectivity index (χ1n) is 21.7. The summed E-state index contributed by atoms with van der Waals surface area (Å²) >= 11 is 0. The lowest BCUT2D eigenvalue weighted by Crippen LogP contribution is -2.34. The standard InChI is InChI=1S/C55H52O2.C2H4/c1-37-16-7-6-14-32-55(50-24-13-12-22-44(37)50)51-35-43(57-3)29-30-47(51)52-45-23-15-21-42(56-2)34-48(45)49-36-54(33-31-46(49)53(52)55,40-19-10-5-11-20-40)41-27-25-39(26-28-41)38-17-8-4-9-18-38;1-2/h5-7,10-16,19-22,24-31,33-35,37-38H,4,8-9,17-18,23,32,36H2,1-3H3;1-2H2/b14-6-,16-7-;. The van der Waals surface area contributed by atoms with E-state index in [1.165, 1.54) is 104 Å². The quantitative estimate of drug-likeness (QED) is 0.166. The molecule has 5 aliphatic rings. The van der Waals surface area contributed by atoms with Gasteiger partial charge in [0.25, 0.3) is 0 Å². The Kier molecular flexibility index (Phi) is 10.5. The topological polar surface area (TPSA) is 18.5 Å². The van der Waals surface area contributed by atoms with E-state index in [1.807, 2.05) is 0 Å². The first-order valence-corrected chi connectivity index (χ1v) is 21.7. The third-order valence-electron chi connectivity index (χ3n) is 14.1. The van der Waals surface area contributed by atoms with Gasteiger partial charge in [0, 0.05) is 5.41 Å². The van der Waals surface area contributed by atoms with Crippen LogP contribution in [0.4, 0.5) is 0 Å². The van der Waals surface area contributed by atoms with Crippen molar-refractivity contribution in [1.29, 1.82) is 0 Å². The van der Waals surface area contributed by atoms with Crippen LogP contribution >= 0.6 is 0 Å². The molecule has 1 saturated carbocycles. The van der Waals surface area contributed by atoms with Crippen LogP contribution in [0.5, 0.6) is 5.75 Å². The van der Waals surface area contributed by atoms with Crippen molar-refractivity contribution >= 4 is 12.2 Å². The van der Waals surface area contributed by atoms with E-state index in [0.29, 0.717) is 5.92 Å². The Morgan fingerprint density at radius 3 is 2.24 bits per heavy atom. The maximum Gasteiger partial charge on any atom is 0.119 e. The van der Waals surface area contributed by atoms with Crippen LogP contribution in [0.2, 0.25) is 0 Å². The van der Waals surface area contributed by atoms with Crippen LogP contribution in [-0.2, 0) is 28.4 Å². The van der Waals surface area contributed by atoms with Crippen LogP contribution in [0.1, 0.15) is 118 Å². The van der Waals surface area contributed by atoms with E-state index in [-0.39, 0.29) is 11.3 Å². The first-order chi connectivity index (χ1) is 29.1. The van der Waals surface area contributed by atoms with Gasteiger partial charge in [0.15, 0.2) is 0 Å². The van der Waals surface area contributed by atoms with Gasteiger partial charge >= 0.3 is 0 Å². The molecule has 296 valence electrons. The second-order valence-electron chi connectivity index (χ2n) is 16.9. The highest BCUT2D eigenvalue weighted by Gasteiger charge is 2.50. The van der Waals surface area contributed by atoms with Gasteiger partial charge in [-0.25, -0.2) is 0 Å². The Bertz CT molecular complexity index is 2520. The predicted octanol–water partition coefficient (Wildman–Crippen LogP) is 14.1. The Balaban J connectivity index is 0.00000221. The molecule has 0 heterocycles. The van der Waals surface area contributed by atoms with Gasteiger partial charge in [-0.1, -0.05) is 154 Å². The van der Waals surface area contributed by atoms with Gasteiger partial charge in [-0.2, -0.15) is 0 Å². The maximum atomic E-state index is 6.07. The lowest BCUT2D eigenvalue weighted by Gasteiger charge is -2.41. The summed E-state index contributed by atoms with van der Waals surface area (Å²) in [4.78, 5) is 0. The molecule has 0 bridgehead atoms. The number of fused-ring (bicyclic) bond motifs is 12. The molecule has 5 aromatic carbocycles. The normalized spacial score (nSPS) is 23.6. The van der Waals surface area contributed by atoms with Crippen LogP contribution in [0, 0.1) is 0 Å². The Hall–Kier alpha value is -5.86. The zero-order valence-electron chi connectivity index (χ0n) is 35.0. The number of hydrogen-bond donors (Lipinski definition) is 0. The molecule has 0 saturated heterocycles. The van der Waals surface area contributed by atoms with Gasteiger partial charge in [0.05, 0.1) is 19.6 Å². The van der Waals surface area contributed by atoms with E-state index in [9.17, 15) is 0 Å². The Labute approximate surface area is 352 Å². The van der Waals surface area contributed by atoms with Crippen molar-refractivity contribution in [3.05, 3.63) is 220 Å². The number of hydrogen-bond acceptors (Lipinski definition) is 2. The van der Waals surface area contributed by atoms with Crippen molar-refractivity contribution in [3.8, 4) is 16.9 Å². The molecule has 10 rings (SSSR count). The first kappa shape index (κ1) is 38.6. The summed E-state index contributed by atoms with van der Waals surface area (Å²) in [5, 5.41) is 0. The molecule has 1 spiro atoms. The molecule has 3 atom stereocenters. The fourth-order valence-electron chi connectivity index (χ4n) is 11.3. The van der Waals surface area contributed by atoms with Crippen LogP contribution < -0.4 is 4.74 Å². The molecule has 2 heteroatoms. The van der Waals surface area contributed by atoms with Crippen molar-refractivity contribution in [3.63, 3.8) is 0 Å². The lowest BCUT2D eigenvalue weighted by molar-refractivity contribution is 0.310. The number of allylic oxidation sites excluding steroid dienone is 7. The molecule has 0 N–H and O–H groups in total. The molecule has 0 aromatic heterocycles. The largest absolute Gasteiger partial charge is 0.497 e. The highest BCUT2D eigenvalue weighted by molar-refractivity contribution is 5.94. The average Bonchev–Trinajstić information content (AvgIpc) is 3.45. The molecule has 5 aliphatic carbocycles. The number of rotatable bonds is 5. The van der Waals surface area contributed by atoms with Gasteiger partial charge in [0.1, 0.15) is 11.5 Å². The number of ether oxygens (including phenoxy) is 2. The zero-order valence-corrected chi connectivity index (χ0v) is 35.0. The van der Waals surface area contributed by atoms with E-state index in [2.05, 4.69) is 172 Å². The van der Waals surface area contributed by atoms with E-state index < -0.39 is 5.41 Å². The lowest BCUT2D eigenvalue weighted by atomic mass is 9.61. The van der Waals surface area contributed by atoms with Crippen LogP contribution in [0.25, 0.3) is 23.3 Å². The van der Waals surface area contributed by atoms with E-state index >= 15 is 0 Å². The minimum Gasteiger partial charge on any atom is -0.497 e. The van der Waals surface area contributed by atoms with Crippen molar-refractivity contribution in [1.82, 2.24) is 0 Å². The second kappa shape index (κ2) is 16.1. The minimum atomic E-state index is -0.436. The van der Waals surface area contributed by atoms with Crippen molar-refractivity contribution in [2.75, 3.05) is 14.2 Å². The van der Waals surface area contributed by atoms with Gasteiger partial charge in [-0.15, -0.1) is 13.2 Å². The van der Waals surface area contributed by atoms with Gasteiger partial charge < -0.3 is 9.47 Å². The van der Waals surface area contributed by atoms with Crippen molar-refractivity contribution in [2.45, 2.75) is 81.0 Å². The zero-order chi connectivity index (χ0) is 40.6. The fourth-order valence-corrected chi connectivity index (χ4v) is 11.3. The van der Waals surface area contributed by atoms with E-state index in [4.69, 9.17) is 9.47 Å². The molecule has 0 aliphatic heterocycles. The Morgan fingerprint density at radius 1 is 0.695 bits per heavy atom. The second-order valence-corrected chi connectivity index (χ2v) is 16.9. The third-order valence-corrected chi connectivity index (χ3v) is 14.1. The summed E-state index contributed by atoms with van der Waals surface area (Å²) in [7, 11) is 3.60. The van der Waals surface area contributed by atoms with Gasteiger partial charge in [-0.3, -0.25) is 0 Å². The Morgan fingerprint density at radius 2 is 1.46 bits per heavy atom. The van der Waals surface area contributed by atoms with E-state index in [0.717, 1.165) is 30.8 Å². The van der Waals surface area contributed by atoms with Gasteiger partial charge in [0.2, 0.25) is 0 Å². The summed E-state index contributed by atoms with van der Waals surface area (Å²) < 4.78 is 12.1. The molecule has 1 fully saturated rings. The van der Waals surface area contributed by atoms with Crippen molar-refractivity contribution in [2.24, 2.45) is 0 Å². The maximum absolute atomic E-state index is 6.07. The highest BCUT2D eigenvalue weighted by atomic mass is 16.5.